The summed E-state index contributed by atoms with van der Waals surface area (Å²) < 4.78 is 7.97. The lowest BCUT2D eigenvalue weighted by Crippen LogP contribution is -2.46. The van der Waals surface area contributed by atoms with Gasteiger partial charge in [0.05, 0.1) is 18.3 Å². The second kappa shape index (κ2) is 10.2. The number of ether oxygens (including phenoxy) is 1. The summed E-state index contributed by atoms with van der Waals surface area (Å²) in [6.45, 7) is 9.48. The van der Waals surface area contributed by atoms with Gasteiger partial charge in [-0.05, 0) is 38.0 Å². The van der Waals surface area contributed by atoms with Crippen LogP contribution in [0.25, 0.3) is 5.52 Å². The fourth-order valence-corrected chi connectivity index (χ4v) is 4.69. The lowest BCUT2D eigenvalue weighted by molar-refractivity contribution is 0.0594. The Balaban J connectivity index is 1.02. The summed E-state index contributed by atoms with van der Waals surface area (Å²) in [5, 5.41) is 4.50. The van der Waals surface area contributed by atoms with Crippen LogP contribution in [-0.4, -0.2) is 78.0 Å². The Hall–Kier alpha value is -3.08. The highest BCUT2D eigenvalue weighted by molar-refractivity contribution is 5.69. The van der Waals surface area contributed by atoms with Crippen LogP contribution in [0.1, 0.15) is 18.5 Å². The molecule has 0 bridgehead atoms. The predicted molar refractivity (Wildman–Crippen MR) is 132 cm³/mol. The second-order valence-corrected chi connectivity index (χ2v) is 8.82. The van der Waals surface area contributed by atoms with Gasteiger partial charge in [0.15, 0.2) is 5.82 Å². The second-order valence-electron chi connectivity index (χ2n) is 8.82. The first-order valence-electron chi connectivity index (χ1n) is 11.9. The molecule has 0 spiro atoms. The molecule has 2 fully saturated rings. The van der Waals surface area contributed by atoms with Gasteiger partial charge in [-0.3, -0.25) is 4.90 Å². The number of nitrogens with zero attached hydrogens (tertiary/aromatic N) is 6. The molecule has 33 heavy (non-hydrogen) atoms. The van der Waals surface area contributed by atoms with Crippen molar-refractivity contribution in [3.05, 3.63) is 54.5 Å². The number of para-hydroxylation sites is 1. The molecule has 7 heteroatoms. The number of rotatable bonds is 5. The van der Waals surface area contributed by atoms with E-state index in [1.54, 1.807) is 0 Å². The molecule has 2 saturated heterocycles. The Kier molecular flexibility index (Phi) is 6.75. The fourth-order valence-electron chi connectivity index (χ4n) is 4.69. The normalized spacial score (nSPS) is 17.8. The SMILES string of the molecule is Cc1cc2c(N3CCC(OCC#CCN4CCN(c5ccccc5)CC4)CC3)nccn2n1. The van der Waals surface area contributed by atoms with E-state index >= 15 is 0 Å². The monoisotopic (exact) mass is 444 g/mol. The van der Waals surface area contributed by atoms with Crippen LogP contribution in [0.4, 0.5) is 11.5 Å². The van der Waals surface area contributed by atoms with Gasteiger partial charge in [-0.1, -0.05) is 30.0 Å². The van der Waals surface area contributed by atoms with Crippen molar-refractivity contribution in [2.75, 3.05) is 62.2 Å². The molecule has 0 N–H and O–H groups in total. The molecular weight excluding hydrogens is 412 g/mol. The quantitative estimate of drug-likeness (QED) is 0.564. The molecule has 0 aliphatic carbocycles. The first-order valence-corrected chi connectivity index (χ1v) is 11.9. The van der Waals surface area contributed by atoms with E-state index in [1.165, 1.54) is 5.69 Å². The maximum absolute atomic E-state index is 6.06. The number of hydrogen-bond donors (Lipinski definition) is 0. The standard InChI is InChI=1S/C26H32N6O/c1-22-21-25-26(27-11-15-32(25)28-22)31-13-9-24(10-14-31)33-20-6-5-12-29-16-18-30(19-17-29)23-7-3-2-4-8-23/h2-4,7-8,11,15,21,24H,9-10,12-14,16-20H2,1H3. The summed E-state index contributed by atoms with van der Waals surface area (Å²) in [4.78, 5) is 11.8. The van der Waals surface area contributed by atoms with Gasteiger partial charge in [-0.2, -0.15) is 5.10 Å². The van der Waals surface area contributed by atoms with Crippen LogP contribution in [0.3, 0.4) is 0 Å². The lowest BCUT2D eigenvalue weighted by Gasteiger charge is -2.35. The van der Waals surface area contributed by atoms with Crippen LogP contribution in [0.2, 0.25) is 0 Å². The molecular formula is C26H32N6O. The summed E-state index contributed by atoms with van der Waals surface area (Å²) >= 11 is 0. The molecule has 1 aromatic carbocycles. The average molecular weight is 445 g/mol. The van der Waals surface area contributed by atoms with Gasteiger partial charge in [0, 0.05) is 57.3 Å². The van der Waals surface area contributed by atoms with E-state index < -0.39 is 0 Å². The predicted octanol–water partition coefficient (Wildman–Crippen LogP) is 2.85. The van der Waals surface area contributed by atoms with Gasteiger partial charge in [0.2, 0.25) is 0 Å². The molecule has 0 saturated carbocycles. The average Bonchev–Trinajstić information content (AvgIpc) is 3.25. The molecule has 2 aromatic heterocycles. The van der Waals surface area contributed by atoms with E-state index in [-0.39, 0.29) is 6.10 Å². The zero-order chi connectivity index (χ0) is 22.5. The third-order valence-electron chi connectivity index (χ3n) is 6.55. The highest BCUT2D eigenvalue weighted by Gasteiger charge is 2.22. The Morgan fingerprint density at radius 3 is 2.55 bits per heavy atom. The number of aryl methyl sites for hydroxylation is 1. The van der Waals surface area contributed by atoms with Crippen LogP contribution >= 0.6 is 0 Å². The lowest BCUT2D eigenvalue weighted by atomic mass is 10.1. The van der Waals surface area contributed by atoms with Crippen molar-refractivity contribution in [3.63, 3.8) is 0 Å². The molecule has 0 atom stereocenters. The Labute approximate surface area is 196 Å². The molecule has 7 nitrogen and oxygen atoms in total. The minimum Gasteiger partial charge on any atom is -0.369 e. The fraction of sp³-hybridized carbons (Fsp3) is 0.462. The third-order valence-corrected chi connectivity index (χ3v) is 6.55. The summed E-state index contributed by atoms with van der Waals surface area (Å²) in [5.41, 5.74) is 3.40. The van der Waals surface area contributed by atoms with E-state index in [0.717, 1.165) is 75.7 Å². The third kappa shape index (κ3) is 5.29. The van der Waals surface area contributed by atoms with Crippen molar-refractivity contribution in [2.24, 2.45) is 0 Å². The number of anilines is 2. The maximum Gasteiger partial charge on any atom is 0.154 e. The Morgan fingerprint density at radius 2 is 1.76 bits per heavy atom. The molecule has 2 aliphatic heterocycles. The number of piperazine rings is 1. The van der Waals surface area contributed by atoms with E-state index in [9.17, 15) is 0 Å². The Bertz CT molecular complexity index is 1100. The smallest absolute Gasteiger partial charge is 0.154 e. The highest BCUT2D eigenvalue weighted by Crippen LogP contribution is 2.24. The zero-order valence-electron chi connectivity index (χ0n) is 19.4. The largest absolute Gasteiger partial charge is 0.369 e. The van der Waals surface area contributed by atoms with Crippen molar-refractivity contribution in [2.45, 2.75) is 25.9 Å². The number of benzene rings is 1. The van der Waals surface area contributed by atoms with Crippen LogP contribution in [0, 0.1) is 18.8 Å². The first-order chi connectivity index (χ1) is 16.3. The van der Waals surface area contributed by atoms with E-state index in [1.807, 2.05) is 23.8 Å². The van der Waals surface area contributed by atoms with Crippen molar-refractivity contribution in [1.29, 1.82) is 0 Å². The first kappa shape index (κ1) is 21.7. The van der Waals surface area contributed by atoms with Crippen molar-refractivity contribution >= 4 is 17.0 Å². The van der Waals surface area contributed by atoms with Crippen molar-refractivity contribution in [1.82, 2.24) is 19.5 Å². The van der Waals surface area contributed by atoms with Gasteiger partial charge in [0.1, 0.15) is 12.1 Å². The van der Waals surface area contributed by atoms with Gasteiger partial charge in [-0.25, -0.2) is 9.50 Å². The molecule has 3 aromatic rings. The minimum absolute atomic E-state index is 0.274. The van der Waals surface area contributed by atoms with Crippen LogP contribution in [-0.2, 0) is 4.74 Å². The van der Waals surface area contributed by atoms with Crippen molar-refractivity contribution in [3.8, 4) is 11.8 Å². The number of fused-ring (bicyclic) bond motifs is 1. The van der Waals surface area contributed by atoms with Crippen LogP contribution in [0.15, 0.2) is 48.8 Å². The highest BCUT2D eigenvalue weighted by atomic mass is 16.5. The molecule has 5 rings (SSSR count). The topological polar surface area (TPSA) is 49.1 Å². The molecule has 2 aliphatic rings. The van der Waals surface area contributed by atoms with Gasteiger partial charge in [0.25, 0.3) is 0 Å². The van der Waals surface area contributed by atoms with Gasteiger partial charge in [-0.15, -0.1) is 0 Å². The van der Waals surface area contributed by atoms with Crippen LogP contribution in [0.5, 0.6) is 0 Å². The summed E-state index contributed by atoms with van der Waals surface area (Å²) in [5.74, 6) is 7.55. The van der Waals surface area contributed by atoms with E-state index in [4.69, 9.17) is 4.74 Å². The maximum atomic E-state index is 6.06. The Morgan fingerprint density at radius 1 is 0.970 bits per heavy atom. The van der Waals surface area contributed by atoms with Crippen LogP contribution < -0.4 is 9.80 Å². The zero-order valence-corrected chi connectivity index (χ0v) is 19.4. The summed E-state index contributed by atoms with van der Waals surface area (Å²) in [7, 11) is 0. The summed E-state index contributed by atoms with van der Waals surface area (Å²) in [6, 6.07) is 12.8. The van der Waals surface area contributed by atoms with E-state index in [0.29, 0.717) is 6.61 Å². The molecule has 172 valence electrons. The van der Waals surface area contributed by atoms with E-state index in [2.05, 4.69) is 73.0 Å². The summed E-state index contributed by atoms with van der Waals surface area (Å²) in [6.07, 6.45) is 6.01. The molecule has 0 amide bonds. The number of hydrogen-bond acceptors (Lipinski definition) is 6. The number of aromatic nitrogens is 3. The van der Waals surface area contributed by atoms with Gasteiger partial charge >= 0.3 is 0 Å². The molecule has 4 heterocycles. The molecule has 0 unspecified atom stereocenters. The number of piperidine rings is 1. The van der Waals surface area contributed by atoms with Gasteiger partial charge < -0.3 is 14.5 Å². The van der Waals surface area contributed by atoms with Crippen molar-refractivity contribution < 1.29 is 4.74 Å². The minimum atomic E-state index is 0.274. The molecule has 0 radical (unpaired) electrons.